The van der Waals surface area contributed by atoms with Crippen LogP contribution in [0, 0.1) is 0 Å². The first-order valence-electron chi connectivity index (χ1n) is 6.09. The Morgan fingerprint density at radius 3 is 2.32 bits per heavy atom. The second-order valence-corrected chi connectivity index (χ2v) is 3.91. The van der Waals surface area contributed by atoms with Crippen molar-refractivity contribution in [2.75, 3.05) is 19.8 Å². The van der Waals surface area contributed by atoms with Gasteiger partial charge in [-0.15, -0.1) is 0 Å². The monoisotopic (exact) mass is 329 g/mol. The number of carboxylic acids is 1. The van der Waals surface area contributed by atoms with Crippen LogP contribution in [0.15, 0.2) is 0 Å². The van der Waals surface area contributed by atoms with Crippen LogP contribution in [0.4, 0.5) is 4.79 Å². The van der Waals surface area contributed by atoms with Crippen LogP contribution < -0.4 is 5.32 Å². The van der Waals surface area contributed by atoms with E-state index in [9.17, 15) is 9.59 Å². The molecule has 13 heteroatoms. The van der Waals surface area contributed by atoms with Gasteiger partial charge in [-0.25, -0.2) is 14.5 Å². The molecule has 0 aromatic carbocycles. The molecule has 0 rings (SSSR count). The molecule has 1 unspecified atom stereocenters. The van der Waals surface area contributed by atoms with Crippen LogP contribution in [-0.2, 0) is 19.2 Å². The SMILES string of the molecule is O=C(O)CNC(=O)OCCCCC(CON(O)O)ON(O)O. The van der Waals surface area contributed by atoms with Gasteiger partial charge in [0.15, 0.2) is 0 Å². The van der Waals surface area contributed by atoms with Gasteiger partial charge in [0.25, 0.3) is 0 Å². The number of unbranched alkanes of at least 4 members (excludes halogenated alkanes) is 1. The van der Waals surface area contributed by atoms with E-state index in [4.69, 9.17) is 25.9 Å². The lowest BCUT2D eigenvalue weighted by atomic mass is 10.2. The van der Waals surface area contributed by atoms with Crippen LogP contribution in [-0.4, -0.2) is 74.6 Å². The number of nitrogens with one attached hydrogen (secondary N) is 1. The van der Waals surface area contributed by atoms with E-state index in [1.807, 2.05) is 5.32 Å². The number of nitrogens with zero attached hydrogens (tertiary/aromatic N) is 2. The summed E-state index contributed by atoms with van der Waals surface area (Å²) in [5.74, 6) is -1.20. The zero-order chi connectivity index (χ0) is 17.0. The summed E-state index contributed by atoms with van der Waals surface area (Å²) >= 11 is 0. The first kappa shape index (κ1) is 20.4. The zero-order valence-corrected chi connectivity index (χ0v) is 11.5. The third-order valence-electron chi connectivity index (χ3n) is 2.16. The summed E-state index contributed by atoms with van der Waals surface area (Å²) in [6.07, 6.45) is -0.778. The van der Waals surface area contributed by atoms with Crippen molar-refractivity contribution in [1.82, 2.24) is 16.1 Å². The molecule has 0 aromatic rings. The van der Waals surface area contributed by atoms with Gasteiger partial charge in [0.2, 0.25) is 0 Å². The van der Waals surface area contributed by atoms with E-state index in [1.165, 1.54) is 0 Å². The predicted octanol–water partition coefficient (Wildman–Crippen LogP) is -0.640. The summed E-state index contributed by atoms with van der Waals surface area (Å²) in [6.45, 7) is -0.925. The number of rotatable bonds is 12. The highest BCUT2D eigenvalue weighted by Crippen LogP contribution is 2.07. The molecule has 0 radical (unpaired) electrons. The van der Waals surface area contributed by atoms with Gasteiger partial charge in [-0.3, -0.25) is 25.6 Å². The number of ether oxygens (including phenoxy) is 1. The largest absolute Gasteiger partial charge is 0.480 e. The van der Waals surface area contributed by atoms with E-state index in [2.05, 4.69) is 14.4 Å². The highest BCUT2D eigenvalue weighted by Gasteiger charge is 2.15. The van der Waals surface area contributed by atoms with Crippen molar-refractivity contribution < 1.29 is 49.9 Å². The average molecular weight is 329 g/mol. The van der Waals surface area contributed by atoms with Crippen LogP contribution in [0.25, 0.3) is 0 Å². The van der Waals surface area contributed by atoms with E-state index in [-0.39, 0.29) is 19.6 Å². The summed E-state index contributed by atoms with van der Waals surface area (Å²) in [6, 6.07) is 0. The van der Waals surface area contributed by atoms with E-state index in [1.54, 1.807) is 0 Å². The lowest BCUT2D eigenvalue weighted by Crippen LogP contribution is -2.31. The molecule has 0 fully saturated rings. The number of hydrogen-bond acceptors (Lipinski definition) is 11. The van der Waals surface area contributed by atoms with Gasteiger partial charge in [-0.2, -0.15) is 0 Å². The summed E-state index contributed by atoms with van der Waals surface area (Å²) in [5.41, 5.74) is 0. The van der Waals surface area contributed by atoms with Gasteiger partial charge < -0.3 is 15.2 Å². The Hall–Kier alpha value is -1.58. The van der Waals surface area contributed by atoms with Crippen molar-refractivity contribution >= 4 is 12.1 Å². The van der Waals surface area contributed by atoms with Crippen molar-refractivity contribution in [3.05, 3.63) is 0 Å². The molecule has 0 aliphatic rings. The molecule has 0 bridgehead atoms. The van der Waals surface area contributed by atoms with Crippen molar-refractivity contribution in [1.29, 1.82) is 0 Å². The number of alkyl carbamates (subject to hydrolysis) is 1. The number of hydrogen-bond donors (Lipinski definition) is 6. The molecule has 0 spiro atoms. The molecule has 6 N–H and O–H groups in total. The second-order valence-electron chi connectivity index (χ2n) is 3.91. The summed E-state index contributed by atoms with van der Waals surface area (Å²) in [7, 11) is 0. The maximum absolute atomic E-state index is 11.0. The number of carbonyl (C=O) groups is 2. The minimum Gasteiger partial charge on any atom is -0.480 e. The Morgan fingerprint density at radius 1 is 1.09 bits per heavy atom. The van der Waals surface area contributed by atoms with Gasteiger partial charge >= 0.3 is 12.1 Å². The van der Waals surface area contributed by atoms with Gasteiger partial charge in [0.1, 0.15) is 19.3 Å². The molecule has 130 valence electrons. The van der Waals surface area contributed by atoms with Gasteiger partial charge in [-0.1, -0.05) is 0 Å². The smallest absolute Gasteiger partial charge is 0.407 e. The highest BCUT2D eigenvalue weighted by atomic mass is 17.1. The molecule has 0 aliphatic heterocycles. The second kappa shape index (κ2) is 12.0. The summed E-state index contributed by atoms with van der Waals surface area (Å²) in [5, 5.41) is 43.0. The third-order valence-corrected chi connectivity index (χ3v) is 2.16. The van der Waals surface area contributed by atoms with E-state index in [0.717, 1.165) is 0 Å². The van der Waals surface area contributed by atoms with Crippen molar-refractivity contribution in [3.8, 4) is 0 Å². The Bertz CT molecular complexity index is 327. The fraction of sp³-hybridized carbons (Fsp3) is 0.778. The molecule has 0 saturated carbocycles. The molecule has 1 amide bonds. The predicted molar refractivity (Wildman–Crippen MR) is 62.5 cm³/mol. The third kappa shape index (κ3) is 13.4. The quantitative estimate of drug-likeness (QED) is 0.197. The molecule has 0 heterocycles. The van der Waals surface area contributed by atoms with Crippen molar-refractivity contribution in [3.63, 3.8) is 0 Å². The molecule has 0 aromatic heterocycles. The lowest BCUT2D eigenvalue weighted by molar-refractivity contribution is -0.527. The van der Waals surface area contributed by atoms with Gasteiger partial charge in [0, 0.05) is 0 Å². The van der Waals surface area contributed by atoms with Crippen molar-refractivity contribution in [2.24, 2.45) is 0 Å². The van der Waals surface area contributed by atoms with Crippen LogP contribution in [0.2, 0.25) is 0 Å². The number of amides is 1. The van der Waals surface area contributed by atoms with Crippen LogP contribution in [0.5, 0.6) is 0 Å². The van der Waals surface area contributed by atoms with E-state index in [0.29, 0.717) is 12.8 Å². The number of carboxylic acid groups (broad SMARTS) is 1. The van der Waals surface area contributed by atoms with E-state index >= 15 is 0 Å². The number of carbonyl (C=O) groups excluding carboxylic acids is 1. The van der Waals surface area contributed by atoms with Gasteiger partial charge in [-0.05, 0) is 19.3 Å². The number of aliphatic carboxylic acids is 1. The zero-order valence-electron chi connectivity index (χ0n) is 11.5. The highest BCUT2D eigenvalue weighted by molar-refractivity contribution is 5.76. The van der Waals surface area contributed by atoms with Gasteiger partial charge in [0.05, 0.1) is 17.4 Å². The molecule has 0 saturated heterocycles. The average Bonchev–Trinajstić information content (AvgIpc) is 2.41. The fourth-order valence-electron chi connectivity index (χ4n) is 1.29. The molecule has 0 aliphatic carbocycles. The fourth-order valence-corrected chi connectivity index (χ4v) is 1.29. The Morgan fingerprint density at radius 2 is 1.77 bits per heavy atom. The normalized spacial score (nSPS) is 12.5. The minimum absolute atomic E-state index is 0.00706. The Balaban J connectivity index is 3.78. The maximum atomic E-state index is 11.0. The summed E-state index contributed by atoms with van der Waals surface area (Å²) < 4.78 is 4.67. The molecular formula is C9H19N3O10. The molecule has 22 heavy (non-hydrogen) atoms. The van der Waals surface area contributed by atoms with Crippen LogP contribution in [0.3, 0.4) is 0 Å². The topological polar surface area (TPSA) is 181 Å². The van der Waals surface area contributed by atoms with Crippen LogP contribution >= 0.6 is 0 Å². The first-order valence-corrected chi connectivity index (χ1v) is 6.09. The lowest BCUT2D eigenvalue weighted by Gasteiger charge is -2.18. The summed E-state index contributed by atoms with van der Waals surface area (Å²) in [4.78, 5) is 29.9. The van der Waals surface area contributed by atoms with E-state index < -0.39 is 35.5 Å². The first-order chi connectivity index (χ1) is 10.3. The molecule has 1 atom stereocenters. The van der Waals surface area contributed by atoms with Crippen molar-refractivity contribution in [2.45, 2.75) is 25.4 Å². The maximum Gasteiger partial charge on any atom is 0.407 e. The standard InChI is InChI=1S/C9H19N3O10/c13-8(14)5-10-9(15)20-4-2-1-3-7(22-12(18)19)6-21-11(16)17/h7,16-19H,1-6H2,(H,10,15)(H,13,14). The van der Waals surface area contributed by atoms with Crippen LogP contribution in [0.1, 0.15) is 19.3 Å². The Kier molecular flexibility index (Phi) is 11.2. The Labute approximate surface area is 124 Å². The molecule has 13 nitrogen and oxygen atoms in total. The molecular weight excluding hydrogens is 310 g/mol. The minimum atomic E-state index is -1.20.